The number of hydrogen-bond donors (Lipinski definition) is 2. The smallest absolute Gasteiger partial charge is 0.267 e. The van der Waals surface area contributed by atoms with Gasteiger partial charge in [0.05, 0.1) is 29.5 Å². The molecule has 0 aliphatic carbocycles. The molecule has 0 unspecified atom stereocenters. The van der Waals surface area contributed by atoms with Crippen molar-refractivity contribution in [2.24, 2.45) is 5.73 Å². The van der Waals surface area contributed by atoms with Gasteiger partial charge in [-0.05, 0) is 19.1 Å². The van der Waals surface area contributed by atoms with Crippen molar-refractivity contribution in [1.29, 1.82) is 0 Å². The molecular formula is C15H15N5OS. The highest BCUT2D eigenvalue weighted by molar-refractivity contribution is 7.13. The van der Waals surface area contributed by atoms with Crippen LogP contribution in [-0.2, 0) is 6.54 Å². The maximum Gasteiger partial charge on any atom is 0.267 e. The van der Waals surface area contributed by atoms with Crippen LogP contribution in [0.5, 0.6) is 0 Å². The number of nitrogens with two attached hydrogens (primary N) is 1. The number of anilines is 1. The summed E-state index contributed by atoms with van der Waals surface area (Å²) < 4.78 is 1.74. The van der Waals surface area contributed by atoms with E-state index in [1.807, 2.05) is 37.3 Å². The molecule has 0 fully saturated rings. The van der Waals surface area contributed by atoms with Gasteiger partial charge in [0.2, 0.25) is 0 Å². The third-order valence-electron chi connectivity index (χ3n) is 3.12. The zero-order chi connectivity index (χ0) is 15.5. The number of aromatic nitrogens is 3. The molecule has 0 aliphatic rings. The number of hydrogen-bond acceptors (Lipinski definition) is 5. The van der Waals surface area contributed by atoms with Crippen LogP contribution in [0.2, 0.25) is 0 Å². The first-order valence-corrected chi connectivity index (χ1v) is 7.57. The van der Waals surface area contributed by atoms with Crippen molar-refractivity contribution in [2.75, 3.05) is 5.32 Å². The van der Waals surface area contributed by atoms with Crippen molar-refractivity contribution < 1.29 is 4.79 Å². The summed E-state index contributed by atoms with van der Waals surface area (Å²) in [6.45, 7) is 2.19. The second-order valence-corrected chi connectivity index (χ2v) is 5.80. The zero-order valence-electron chi connectivity index (χ0n) is 12.0. The minimum atomic E-state index is -0.201. The molecule has 0 aliphatic heterocycles. The predicted octanol–water partition coefficient (Wildman–Crippen LogP) is 2.35. The Hall–Kier alpha value is -2.51. The maximum absolute atomic E-state index is 12.2. The molecule has 1 aromatic carbocycles. The number of thiazole rings is 1. The van der Waals surface area contributed by atoms with E-state index < -0.39 is 0 Å². The number of nitrogens with zero attached hydrogens (tertiary/aromatic N) is 3. The molecule has 22 heavy (non-hydrogen) atoms. The minimum Gasteiger partial charge on any atom is -0.325 e. The Labute approximate surface area is 131 Å². The first kappa shape index (κ1) is 14.4. The number of amides is 1. The highest BCUT2D eigenvalue weighted by Gasteiger charge is 2.13. The van der Waals surface area contributed by atoms with E-state index in [0.717, 1.165) is 16.4 Å². The molecule has 0 atom stereocenters. The van der Waals surface area contributed by atoms with Gasteiger partial charge in [-0.3, -0.25) is 4.79 Å². The van der Waals surface area contributed by atoms with Crippen LogP contribution in [0, 0.1) is 6.92 Å². The van der Waals surface area contributed by atoms with E-state index in [1.165, 1.54) is 11.3 Å². The molecule has 1 amide bonds. The Bertz CT molecular complexity index is 793. The molecule has 0 saturated carbocycles. The van der Waals surface area contributed by atoms with Crippen molar-refractivity contribution in [3.05, 3.63) is 58.3 Å². The van der Waals surface area contributed by atoms with Crippen LogP contribution >= 0.6 is 11.3 Å². The largest absolute Gasteiger partial charge is 0.325 e. The fourth-order valence-corrected chi connectivity index (χ4v) is 2.68. The molecule has 0 radical (unpaired) electrons. The molecule has 2 heterocycles. The summed E-state index contributed by atoms with van der Waals surface area (Å²) in [6, 6.07) is 9.73. The monoisotopic (exact) mass is 313 g/mol. The Morgan fingerprint density at radius 2 is 2.14 bits per heavy atom. The number of nitrogens with one attached hydrogen (secondary N) is 1. The van der Waals surface area contributed by atoms with Gasteiger partial charge in [0.15, 0.2) is 0 Å². The highest BCUT2D eigenvalue weighted by Crippen LogP contribution is 2.19. The van der Waals surface area contributed by atoms with Gasteiger partial charge < -0.3 is 11.1 Å². The van der Waals surface area contributed by atoms with Crippen molar-refractivity contribution in [1.82, 2.24) is 14.8 Å². The molecular weight excluding hydrogens is 298 g/mol. The van der Waals surface area contributed by atoms with E-state index >= 15 is 0 Å². The lowest BCUT2D eigenvalue weighted by Gasteiger charge is -2.00. The molecule has 0 bridgehead atoms. The lowest BCUT2D eigenvalue weighted by molar-refractivity contribution is 0.103. The highest BCUT2D eigenvalue weighted by atomic mass is 32.1. The van der Waals surface area contributed by atoms with Gasteiger partial charge in [-0.1, -0.05) is 18.2 Å². The molecule has 6 nitrogen and oxygen atoms in total. The number of carbonyl (C=O) groups excluding carboxylic acids is 1. The quantitative estimate of drug-likeness (QED) is 0.774. The average molecular weight is 313 g/mol. The van der Waals surface area contributed by atoms with Gasteiger partial charge in [-0.25, -0.2) is 9.67 Å². The van der Waals surface area contributed by atoms with Crippen LogP contribution in [0.3, 0.4) is 0 Å². The number of aryl methyl sites for hydroxylation is 1. The Balaban J connectivity index is 1.81. The van der Waals surface area contributed by atoms with E-state index in [0.29, 0.717) is 17.1 Å². The van der Waals surface area contributed by atoms with Gasteiger partial charge in [0.25, 0.3) is 5.91 Å². The van der Waals surface area contributed by atoms with E-state index in [4.69, 9.17) is 5.73 Å². The third kappa shape index (κ3) is 2.90. The van der Waals surface area contributed by atoms with Gasteiger partial charge in [-0.2, -0.15) is 5.10 Å². The van der Waals surface area contributed by atoms with E-state index in [1.54, 1.807) is 17.1 Å². The topological polar surface area (TPSA) is 85.8 Å². The minimum absolute atomic E-state index is 0.201. The van der Waals surface area contributed by atoms with E-state index in [2.05, 4.69) is 15.4 Å². The predicted molar refractivity (Wildman–Crippen MR) is 86.3 cm³/mol. The fourth-order valence-electron chi connectivity index (χ4n) is 1.99. The molecule has 0 saturated heterocycles. The number of benzene rings is 1. The molecule has 7 heteroatoms. The summed E-state index contributed by atoms with van der Waals surface area (Å²) in [5, 5.41) is 8.02. The normalized spacial score (nSPS) is 10.6. The summed E-state index contributed by atoms with van der Waals surface area (Å²) in [6.07, 6.45) is 3.34. The first-order valence-electron chi connectivity index (χ1n) is 6.75. The van der Waals surface area contributed by atoms with Gasteiger partial charge in [0, 0.05) is 6.54 Å². The summed E-state index contributed by atoms with van der Waals surface area (Å²) in [5.41, 5.74) is 7.88. The molecule has 112 valence electrons. The van der Waals surface area contributed by atoms with Crippen LogP contribution in [-0.4, -0.2) is 20.7 Å². The van der Waals surface area contributed by atoms with Crippen LogP contribution in [0.25, 0.3) is 5.69 Å². The van der Waals surface area contributed by atoms with Gasteiger partial charge >= 0.3 is 0 Å². The number of rotatable bonds is 4. The summed E-state index contributed by atoms with van der Waals surface area (Å²) in [4.78, 5) is 16.8. The van der Waals surface area contributed by atoms with Crippen LogP contribution in [0.4, 0.5) is 5.69 Å². The van der Waals surface area contributed by atoms with E-state index in [9.17, 15) is 4.79 Å². The number of carbonyl (C=O) groups is 1. The third-order valence-corrected chi connectivity index (χ3v) is 4.14. The van der Waals surface area contributed by atoms with Crippen LogP contribution in [0.1, 0.15) is 20.4 Å². The summed E-state index contributed by atoms with van der Waals surface area (Å²) in [7, 11) is 0. The first-order chi connectivity index (χ1) is 10.7. The average Bonchev–Trinajstić information content (AvgIpc) is 3.15. The van der Waals surface area contributed by atoms with Crippen molar-refractivity contribution in [3.8, 4) is 5.69 Å². The van der Waals surface area contributed by atoms with Gasteiger partial charge in [-0.15, -0.1) is 11.3 Å². The lowest BCUT2D eigenvalue weighted by Crippen LogP contribution is -2.10. The van der Waals surface area contributed by atoms with Crippen molar-refractivity contribution >= 4 is 22.9 Å². The van der Waals surface area contributed by atoms with E-state index in [-0.39, 0.29) is 5.91 Å². The summed E-state index contributed by atoms with van der Waals surface area (Å²) in [5.74, 6) is -0.201. The van der Waals surface area contributed by atoms with Crippen molar-refractivity contribution in [3.63, 3.8) is 0 Å². The molecule has 3 aromatic rings. The molecule has 3 N–H and O–H groups in total. The van der Waals surface area contributed by atoms with Crippen molar-refractivity contribution in [2.45, 2.75) is 13.5 Å². The second-order valence-electron chi connectivity index (χ2n) is 4.68. The van der Waals surface area contributed by atoms with Gasteiger partial charge in [0.1, 0.15) is 9.88 Å². The molecule has 2 aromatic heterocycles. The number of para-hydroxylation sites is 1. The summed E-state index contributed by atoms with van der Waals surface area (Å²) >= 11 is 1.29. The second kappa shape index (κ2) is 6.08. The Morgan fingerprint density at radius 3 is 2.82 bits per heavy atom. The maximum atomic E-state index is 12.2. The lowest BCUT2D eigenvalue weighted by atomic mass is 10.3. The Kier molecular flexibility index (Phi) is 3.99. The SMILES string of the molecule is Cc1nn(-c2ccccc2)cc1NC(=O)c1cnc(CN)s1. The van der Waals surface area contributed by atoms with Crippen LogP contribution < -0.4 is 11.1 Å². The standard InChI is InChI=1S/C15H15N5OS/c1-10-12(9-20(19-10)11-5-3-2-4-6-11)18-15(21)13-8-17-14(7-16)22-13/h2-6,8-9H,7,16H2,1H3,(H,18,21). The Morgan fingerprint density at radius 1 is 1.36 bits per heavy atom. The molecule has 0 spiro atoms. The zero-order valence-corrected chi connectivity index (χ0v) is 12.8. The fraction of sp³-hybridized carbons (Fsp3) is 0.133. The molecule has 3 rings (SSSR count). The van der Waals surface area contributed by atoms with Crippen LogP contribution in [0.15, 0.2) is 42.7 Å².